The van der Waals surface area contributed by atoms with Crippen LogP contribution in [-0.4, -0.2) is 47.3 Å². The van der Waals surface area contributed by atoms with Crippen molar-refractivity contribution in [1.29, 1.82) is 5.26 Å². The van der Waals surface area contributed by atoms with E-state index in [0.29, 0.717) is 16.0 Å². The minimum absolute atomic E-state index is 0.164. The minimum atomic E-state index is -0.417. The highest BCUT2D eigenvalue weighted by atomic mass is 32.2. The molecular weight excluding hydrogens is 477 g/mol. The van der Waals surface area contributed by atoms with Crippen LogP contribution in [0.3, 0.4) is 0 Å². The van der Waals surface area contributed by atoms with Gasteiger partial charge in [-0.25, -0.2) is 13.9 Å². The molecule has 0 spiro atoms. The van der Waals surface area contributed by atoms with Gasteiger partial charge in [0.05, 0.1) is 29.5 Å². The van der Waals surface area contributed by atoms with Crippen LogP contribution in [0, 0.1) is 24.1 Å². The van der Waals surface area contributed by atoms with Crippen LogP contribution in [0.5, 0.6) is 0 Å². The Hall–Kier alpha value is -3.71. The van der Waals surface area contributed by atoms with Crippen molar-refractivity contribution in [3.8, 4) is 17.2 Å². The van der Waals surface area contributed by atoms with Crippen molar-refractivity contribution < 1.29 is 9.18 Å². The summed E-state index contributed by atoms with van der Waals surface area (Å²) in [6, 6.07) is 7.85. The molecule has 10 heteroatoms. The Balaban J connectivity index is 1.38. The zero-order valence-corrected chi connectivity index (χ0v) is 20.7. The Kier molecular flexibility index (Phi) is 5.52. The topological polar surface area (TPSA) is 92.1 Å². The van der Waals surface area contributed by atoms with Gasteiger partial charge in [-0.05, 0) is 50.8 Å². The summed E-state index contributed by atoms with van der Waals surface area (Å²) in [5, 5.41) is 19.0. The summed E-state index contributed by atoms with van der Waals surface area (Å²) < 4.78 is 18.2. The van der Waals surface area contributed by atoms with Crippen molar-refractivity contribution in [2.75, 3.05) is 0 Å². The first-order chi connectivity index (χ1) is 17.4. The normalized spacial score (nSPS) is 21.2. The van der Waals surface area contributed by atoms with Gasteiger partial charge in [0.1, 0.15) is 11.1 Å². The van der Waals surface area contributed by atoms with Gasteiger partial charge in [0.15, 0.2) is 5.82 Å². The van der Waals surface area contributed by atoms with Crippen molar-refractivity contribution in [2.24, 2.45) is 0 Å². The Bertz CT molecular complexity index is 1520. The molecule has 1 amide bonds. The molecule has 4 aromatic rings. The molecule has 36 heavy (non-hydrogen) atoms. The summed E-state index contributed by atoms with van der Waals surface area (Å²) in [6.07, 6.45) is 10.7. The molecule has 0 aliphatic carbocycles. The maximum absolute atomic E-state index is 14.4. The predicted molar refractivity (Wildman–Crippen MR) is 132 cm³/mol. The molecule has 2 aliphatic heterocycles. The fourth-order valence-corrected chi connectivity index (χ4v) is 6.85. The highest BCUT2D eigenvalue weighted by Gasteiger charge is 2.43. The number of hydrogen-bond acceptors (Lipinski definition) is 6. The quantitative estimate of drug-likeness (QED) is 0.400. The summed E-state index contributed by atoms with van der Waals surface area (Å²) in [5.74, 6) is -0.253. The molecular formula is C26H24FN7OS. The van der Waals surface area contributed by atoms with Crippen molar-refractivity contribution in [2.45, 2.75) is 67.6 Å². The Morgan fingerprint density at radius 1 is 1.19 bits per heavy atom. The third kappa shape index (κ3) is 3.66. The van der Waals surface area contributed by atoms with E-state index in [2.05, 4.69) is 32.7 Å². The number of carbonyl (C=O) groups is 1. The third-order valence-corrected chi connectivity index (χ3v) is 8.43. The summed E-state index contributed by atoms with van der Waals surface area (Å²) in [4.78, 5) is 19.1. The van der Waals surface area contributed by atoms with Crippen molar-refractivity contribution in [1.82, 2.24) is 29.3 Å². The largest absolute Gasteiger partial charge is 0.337 e. The van der Waals surface area contributed by atoms with E-state index in [1.165, 1.54) is 24.0 Å². The number of amides is 1. The molecule has 0 saturated carbocycles. The van der Waals surface area contributed by atoms with Crippen molar-refractivity contribution >= 4 is 23.2 Å². The highest BCUT2D eigenvalue weighted by molar-refractivity contribution is 7.99. The molecule has 6 heterocycles. The summed E-state index contributed by atoms with van der Waals surface area (Å²) >= 11 is 1.18. The average molecular weight is 502 g/mol. The van der Waals surface area contributed by atoms with Crippen LogP contribution in [0.25, 0.3) is 16.6 Å². The number of carbonyl (C=O) groups excluding carboxylic acids is 1. The number of hydrogen-bond donors (Lipinski definition) is 0. The Labute approximate surface area is 211 Å². The van der Waals surface area contributed by atoms with Crippen molar-refractivity contribution in [3.63, 3.8) is 0 Å². The Morgan fingerprint density at radius 3 is 2.67 bits per heavy atom. The van der Waals surface area contributed by atoms with E-state index in [1.54, 1.807) is 23.7 Å². The average Bonchev–Trinajstić information content (AvgIpc) is 3.53. The van der Waals surface area contributed by atoms with Gasteiger partial charge in [-0.1, -0.05) is 11.8 Å². The van der Waals surface area contributed by atoms with Gasteiger partial charge in [0.25, 0.3) is 0 Å². The number of aromatic nitrogens is 5. The van der Waals surface area contributed by atoms with Gasteiger partial charge >= 0.3 is 0 Å². The number of fused-ring (bicyclic) bond motifs is 3. The number of nitriles is 1. The predicted octanol–water partition coefficient (Wildman–Crippen LogP) is 4.78. The second kappa shape index (κ2) is 8.75. The van der Waals surface area contributed by atoms with Gasteiger partial charge in [0, 0.05) is 53.1 Å². The SMILES string of the molecule is CC(=O)N1[C@@H]2CC[C@H]1CC(n1ncc(-c3cc(Sc4ncccc4F)c4c(C#N)cnn4c3)c1C)C2. The van der Waals surface area contributed by atoms with E-state index in [4.69, 9.17) is 5.10 Å². The van der Waals surface area contributed by atoms with Gasteiger partial charge in [-0.15, -0.1) is 0 Å². The van der Waals surface area contributed by atoms with Gasteiger partial charge in [-0.3, -0.25) is 9.48 Å². The molecule has 2 bridgehead atoms. The van der Waals surface area contributed by atoms with Crippen LogP contribution in [0.2, 0.25) is 0 Å². The summed E-state index contributed by atoms with van der Waals surface area (Å²) in [5.41, 5.74) is 3.90. The van der Waals surface area contributed by atoms with E-state index >= 15 is 0 Å². The zero-order chi connectivity index (χ0) is 25.0. The highest BCUT2D eigenvalue weighted by Crippen LogP contribution is 2.42. The molecule has 0 radical (unpaired) electrons. The maximum Gasteiger partial charge on any atom is 0.219 e. The number of piperidine rings is 1. The van der Waals surface area contributed by atoms with Crippen LogP contribution >= 0.6 is 11.8 Å². The summed E-state index contributed by atoms with van der Waals surface area (Å²) in [7, 11) is 0. The first-order valence-electron chi connectivity index (χ1n) is 12.0. The van der Waals surface area contributed by atoms with E-state index in [0.717, 1.165) is 42.5 Å². The van der Waals surface area contributed by atoms with Crippen molar-refractivity contribution in [3.05, 3.63) is 60.1 Å². The monoisotopic (exact) mass is 501 g/mol. The van der Waals surface area contributed by atoms with Crippen LogP contribution in [0.15, 0.2) is 52.9 Å². The lowest BCUT2D eigenvalue weighted by Gasteiger charge is -2.38. The van der Waals surface area contributed by atoms with Gasteiger partial charge in [0.2, 0.25) is 5.91 Å². The fourth-order valence-electron chi connectivity index (χ4n) is 5.88. The molecule has 0 aromatic carbocycles. The second-order valence-electron chi connectivity index (χ2n) is 9.47. The Morgan fingerprint density at radius 2 is 1.97 bits per heavy atom. The van der Waals surface area contributed by atoms with E-state index in [9.17, 15) is 14.4 Å². The van der Waals surface area contributed by atoms with Crippen LogP contribution < -0.4 is 0 Å². The molecule has 1 unspecified atom stereocenters. The van der Waals surface area contributed by atoms with E-state index in [-0.39, 0.29) is 29.1 Å². The van der Waals surface area contributed by atoms with E-state index in [1.807, 2.05) is 18.5 Å². The molecule has 0 N–H and O–H groups in total. The number of nitrogens with zero attached hydrogens (tertiary/aromatic N) is 7. The van der Waals surface area contributed by atoms with Crippen LogP contribution in [-0.2, 0) is 4.79 Å². The van der Waals surface area contributed by atoms with Gasteiger partial charge < -0.3 is 4.90 Å². The molecule has 2 saturated heterocycles. The number of pyridine rings is 2. The lowest BCUT2D eigenvalue weighted by Crippen LogP contribution is -2.46. The number of halogens is 1. The first-order valence-corrected chi connectivity index (χ1v) is 12.8. The van der Waals surface area contributed by atoms with Crippen LogP contribution in [0.1, 0.15) is 49.9 Å². The standard InChI is InChI=1S/C26H24FN7OS/c1-15-22(13-31-34(15)21-9-19-5-6-20(10-21)33(19)16(2)35)17-8-24(36-26-23(27)4-3-7-29-26)25-18(11-28)12-30-32(25)14-17/h3-4,7-8,12-14,19-21H,5-6,9-10H2,1-2H3/t19-,20+,21?. The molecule has 6 rings (SSSR count). The molecule has 4 aromatic heterocycles. The fraction of sp³-hybridized carbons (Fsp3) is 0.346. The molecule has 182 valence electrons. The van der Waals surface area contributed by atoms with E-state index < -0.39 is 5.82 Å². The third-order valence-electron chi connectivity index (χ3n) is 7.40. The first kappa shape index (κ1) is 22.7. The lowest BCUT2D eigenvalue weighted by molar-refractivity contribution is -0.133. The molecule has 2 aliphatic rings. The smallest absolute Gasteiger partial charge is 0.219 e. The summed E-state index contributed by atoms with van der Waals surface area (Å²) in [6.45, 7) is 3.72. The van der Waals surface area contributed by atoms with Crippen LogP contribution in [0.4, 0.5) is 4.39 Å². The lowest BCUT2D eigenvalue weighted by atomic mass is 9.97. The number of rotatable bonds is 4. The maximum atomic E-state index is 14.4. The zero-order valence-electron chi connectivity index (χ0n) is 19.9. The molecule has 2 fully saturated rings. The minimum Gasteiger partial charge on any atom is -0.337 e. The molecule has 8 nitrogen and oxygen atoms in total. The molecule has 3 atom stereocenters. The van der Waals surface area contributed by atoms with Gasteiger partial charge in [-0.2, -0.15) is 15.5 Å². The second-order valence-corrected chi connectivity index (χ2v) is 10.5.